The SMILES string of the molecule is CCCCCCCCCCCCCCCCCCOOCCCCCCCCCCCCCC. The van der Waals surface area contributed by atoms with Gasteiger partial charge in [-0.3, -0.25) is 0 Å². The van der Waals surface area contributed by atoms with Gasteiger partial charge in [0.1, 0.15) is 0 Å². The van der Waals surface area contributed by atoms with Gasteiger partial charge >= 0.3 is 0 Å². The minimum absolute atomic E-state index is 0.774. The molecule has 0 aliphatic carbocycles. The van der Waals surface area contributed by atoms with Crippen LogP contribution in [0.3, 0.4) is 0 Å². The summed E-state index contributed by atoms with van der Waals surface area (Å²) < 4.78 is 0. The third kappa shape index (κ3) is 31.9. The third-order valence-electron chi connectivity index (χ3n) is 7.25. The first-order valence-electron chi connectivity index (χ1n) is 16.2. The Balaban J connectivity index is 2.99. The fraction of sp³-hybridized carbons (Fsp3) is 1.00. The summed E-state index contributed by atoms with van der Waals surface area (Å²) in [4.78, 5) is 10.7. The van der Waals surface area contributed by atoms with Crippen LogP contribution in [0.15, 0.2) is 0 Å². The Kier molecular flexibility index (Phi) is 32.8. The van der Waals surface area contributed by atoms with E-state index < -0.39 is 0 Å². The standard InChI is InChI=1S/C32H66O2/c1-3-5-7-9-11-13-15-17-18-19-20-22-24-26-28-30-32-34-33-31-29-27-25-23-21-16-14-12-10-8-6-4-2/h3-32H2,1-2H3. The van der Waals surface area contributed by atoms with Gasteiger partial charge < -0.3 is 0 Å². The van der Waals surface area contributed by atoms with Crippen molar-refractivity contribution in [2.24, 2.45) is 0 Å². The van der Waals surface area contributed by atoms with E-state index in [1.165, 1.54) is 167 Å². The Morgan fingerprint density at radius 1 is 0.235 bits per heavy atom. The van der Waals surface area contributed by atoms with Crippen LogP contribution in [0.5, 0.6) is 0 Å². The smallest absolute Gasteiger partial charge is 0.0822 e. The van der Waals surface area contributed by atoms with Crippen LogP contribution in [0.4, 0.5) is 0 Å². The largest absolute Gasteiger partial charge is 0.237 e. The molecule has 0 N–H and O–H groups in total. The molecule has 0 fully saturated rings. The van der Waals surface area contributed by atoms with Gasteiger partial charge in [0.05, 0.1) is 13.2 Å². The molecule has 0 radical (unpaired) electrons. The first-order chi connectivity index (χ1) is 16.9. The van der Waals surface area contributed by atoms with Gasteiger partial charge in [0.15, 0.2) is 0 Å². The van der Waals surface area contributed by atoms with Gasteiger partial charge in [0.25, 0.3) is 0 Å². The molecule has 0 aromatic carbocycles. The van der Waals surface area contributed by atoms with Crippen molar-refractivity contribution in [1.29, 1.82) is 0 Å². The number of hydrogen-bond donors (Lipinski definition) is 0. The van der Waals surface area contributed by atoms with E-state index in [0.717, 1.165) is 26.1 Å². The van der Waals surface area contributed by atoms with E-state index >= 15 is 0 Å². The molecule has 0 spiro atoms. The Labute approximate surface area is 216 Å². The maximum absolute atomic E-state index is 5.35. The maximum atomic E-state index is 5.35. The van der Waals surface area contributed by atoms with E-state index in [2.05, 4.69) is 13.8 Å². The number of rotatable bonds is 31. The lowest BCUT2D eigenvalue weighted by atomic mass is 10.0. The molecule has 206 valence electrons. The summed E-state index contributed by atoms with van der Waals surface area (Å²) >= 11 is 0. The Hall–Kier alpha value is -0.0800. The van der Waals surface area contributed by atoms with E-state index in [-0.39, 0.29) is 0 Å². The summed E-state index contributed by atoms with van der Waals surface area (Å²) in [6, 6.07) is 0. The quantitative estimate of drug-likeness (QED) is 0.0555. The van der Waals surface area contributed by atoms with Crippen molar-refractivity contribution in [2.45, 2.75) is 194 Å². The minimum atomic E-state index is 0.774. The van der Waals surface area contributed by atoms with E-state index in [1.807, 2.05) is 0 Å². The molecule has 0 heterocycles. The molecule has 34 heavy (non-hydrogen) atoms. The predicted octanol–water partition coefficient (Wildman–Crippen LogP) is 11.9. The van der Waals surface area contributed by atoms with Crippen molar-refractivity contribution in [1.82, 2.24) is 0 Å². The third-order valence-corrected chi connectivity index (χ3v) is 7.25. The second-order valence-corrected chi connectivity index (χ2v) is 10.8. The molecular formula is C32H66O2. The zero-order valence-corrected chi connectivity index (χ0v) is 24.0. The molecule has 0 saturated carbocycles. The number of hydrogen-bond acceptors (Lipinski definition) is 2. The van der Waals surface area contributed by atoms with Crippen molar-refractivity contribution in [3.8, 4) is 0 Å². The molecule has 0 bridgehead atoms. The Morgan fingerprint density at radius 2 is 0.412 bits per heavy atom. The van der Waals surface area contributed by atoms with Gasteiger partial charge in [-0.2, -0.15) is 0 Å². The van der Waals surface area contributed by atoms with Crippen LogP contribution >= 0.6 is 0 Å². The summed E-state index contributed by atoms with van der Waals surface area (Å²) in [5.74, 6) is 0. The topological polar surface area (TPSA) is 18.5 Å². The fourth-order valence-corrected chi connectivity index (χ4v) is 4.83. The fourth-order valence-electron chi connectivity index (χ4n) is 4.83. The van der Waals surface area contributed by atoms with Crippen LogP contribution in [0.1, 0.15) is 194 Å². The average molecular weight is 483 g/mol. The molecule has 0 aromatic heterocycles. The van der Waals surface area contributed by atoms with Crippen LogP contribution in [-0.2, 0) is 9.78 Å². The molecule has 0 saturated heterocycles. The molecule has 2 heteroatoms. The zero-order chi connectivity index (χ0) is 24.6. The van der Waals surface area contributed by atoms with Crippen molar-refractivity contribution in [3.63, 3.8) is 0 Å². The highest BCUT2D eigenvalue weighted by molar-refractivity contribution is 4.50. The Bertz CT molecular complexity index is 299. The average Bonchev–Trinajstić information content (AvgIpc) is 2.85. The predicted molar refractivity (Wildman–Crippen MR) is 153 cm³/mol. The summed E-state index contributed by atoms with van der Waals surface area (Å²) in [5, 5.41) is 0. The second-order valence-electron chi connectivity index (χ2n) is 10.8. The van der Waals surface area contributed by atoms with Gasteiger partial charge in [-0.05, 0) is 12.8 Å². The van der Waals surface area contributed by atoms with Crippen molar-refractivity contribution < 1.29 is 9.78 Å². The first-order valence-corrected chi connectivity index (χ1v) is 16.2. The lowest BCUT2D eigenvalue weighted by Crippen LogP contribution is -1.99. The van der Waals surface area contributed by atoms with Gasteiger partial charge in [-0.15, -0.1) is 0 Å². The maximum Gasteiger partial charge on any atom is 0.0822 e. The van der Waals surface area contributed by atoms with Crippen molar-refractivity contribution >= 4 is 0 Å². The molecule has 0 atom stereocenters. The first kappa shape index (κ1) is 33.9. The van der Waals surface area contributed by atoms with E-state index in [4.69, 9.17) is 9.78 Å². The highest BCUT2D eigenvalue weighted by atomic mass is 17.2. The lowest BCUT2D eigenvalue weighted by Gasteiger charge is -2.05. The van der Waals surface area contributed by atoms with Gasteiger partial charge in [0, 0.05) is 0 Å². The molecule has 2 nitrogen and oxygen atoms in total. The number of unbranched alkanes of at least 4 members (excludes halogenated alkanes) is 26. The van der Waals surface area contributed by atoms with Gasteiger partial charge in [0.2, 0.25) is 0 Å². The minimum Gasteiger partial charge on any atom is -0.237 e. The normalized spacial score (nSPS) is 11.5. The van der Waals surface area contributed by atoms with Crippen molar-refractivity contribution in [3.05, 3.63) is 0 Å². The van der Waals surface area contributed by atoms with Crippen LogP contribution in [0.2, 0.25) is 0 Å². The second kappa shape index (κ2) is 32.9. The molecule has 0 amide bonds. The lowest BCUT2D eigenvalue weighted by molar-refractivity contribution is -0.295. The molecule has 0 aliphatic rings. The summed E-state index contributed by atoms with van der Waals surface area (Å²) in [5.41, 5.74) is 0. The van der Waals surface area contributed by atoms with Crippen LogP contribution in [-0.4, -0.2) is 13.2 Å². The van der Waals surface area contributed by atoms with Crippen LogP contribution in [0, 0.1) is 0 Å². The monoisotopic (exact) mass is 483 g/mol. The van der Waals surface area contributed by atoms with Crippen LogP contribution < -0.4 is 0 Å². The highest BCUT2D eigenvalue weighted by Gasteiger charge is 1.97. The summed E-state index contributed by atoms with van der Waals surface area (Å²) in [6.45, 7) is 6.14. The molecule has 0 unspecified atom stereocenters. The summed E-state index contributed by atoms with van der Waals surface area (Å²) in [7, 11) is 0. The van der Waals surface area contributed by atoms with E-state index in [1.54, 1.807) is 0 Å². The van der Waals surface area contributed by atoms with Gasteiger partial charge in [-0.1, -0.05) is 181 Å². The molecule has 0 rings (SSSR count). The highest BCUT2D eigenvalue weighted by Crippen LogP contribution is 2.14. The van der Waals surface area contributed by atoms with Crippen LogP contribution in [0.25, 0.3) is 0 Å². The molecular weight excluding hydrogens is 416 g/mol. The van der Waals surface area contributed by atoms with E-state index in [0.29, 0.717) is 0 Å². The zero-order valence-electron chi connectivity index (χ0n) is 24.0. The van der Waals surface area contributed by atoms with Crippen molar-refractivity contribution in [2.75, 3.05) is 13.2 Å². The van der Waals surface area contributed by atoms with E-state index in [9.17, 15) is 0 Å². The summed E-state index contributed by atoms with van der Waals surface area (Å²) in [6.07, 6.45) is 39.2. The Morgan fingerprint density at radius 3 is 0.618 bits per heavy atom. The molecule has 0 aromatic rings. The van der Waals surface area contributed by atoms with Gasteiger partial charge in [-0.25, -0.2) is 9.78 Å². The molecule has 0 aliphatic heterocycles.